The summed E-state index contributed by atoms with van der Waals surface area (Å²) in [5.41, 5.74) is 1.25. The van der Waals surface area contributed by atoms with Crippen molar-refractivity contribution in [1.82, 2.24) is 0 Å². The molecule has 1 rings (SSSR count). The van der Waals surface area contributed by atoms with E-state index in [1.165, 1.54) is 5.56 Å². The van der Waals surface area contributed by atoms with E-state index in [0.29, 0.717) is 6.16 Å². The molecule has 114 valence electrons. The molecule has 0 aromatic heterocycles. The smallest absolute Gasteiger partial charge is 0.306 e. The topological polar surface area (TPSA) is 35.5 Å². The summed E-state index contributed by atoms with van der Waals surface area (Å²) in [6.07, 6.45) is 1.15. The van der Waals surface area contributed by atoms with Gasteiger partial charge in [-0.1, -0.05) is 37.3 Å². The number of hydrogen-bond acceptors (Lipinski definition) is 3. The lowest BCUT2D eigenvalue weighted by molar-refractivity contribution is 0.140. The van der Waals surface area contributed by atoms with Crippen molar-refractivity contribution in [2.24, 2.45) is 5.92 Å². The lowest BCUT2D eigenvalue weighted by Crippen LogP contribution is -2.15. The first-order chi connectivity index (χ1) is 9.31. The first-order valence-electron chi connectivity index (χ1n) is 7.30. The van der Waals surface area contributed by atoms with E-state index >= 15 is 0 Å². The van der Waals surface area contributed by atoms with Gasteiger partial charge in [0, 0.05) is 0 Å². The Morgan fingerprint density at radius 2 is 1.45 bits per heavy atom. The first-order valence-corrected chi connectivity index (χ1v) is 9.03. The summed E-state index contributed by atoms with van der Waals surface area (Å²) in [5, 5.41) is 0. The van der Waals surface area contributed by atoms with Gasteiger partial charge in [-0.3, -0.25) is 4.57 Å². The third-order valence-electron chi connectivity index (χ3n) is 2.71. The predicted octanol–water partition coefficient (Wildman–Crippen LogP) is 4.91. The molecule has 0 aliphatic heterocycles. The van der Waals surface area contributed by atoms with Crippen LogP contribution in [0.25, 0.3) is 0 Å². The van der Waals surface area contributed by atoms with Crippen LogP contribution in [-0.4, -0.2) is 18.4 Å². The van der Waals surface area contributed by atoms with Crippen LogP contribution in [0.5, 0.6) is 0 Å². The van der Waals surface area contributed by atoms with Crippen LogP contribution in [0.3, 0.4) is 0 Å². The Bertz CT molecular complexity index is 415. The largest absolute Gasteiger partial charge is 0.331 e. The van der Waals surface area contributed by atoms with Crippen molar-refractivity contribution in [3.8, 4) is 0 Å². The van der Waals surface area contributed by atoms with E-state index in [1.807, 2.05) is 45.9 Å². The van der Waals surface area contributed by atoms with Crippen molar-refractivity contribution >= 4 is 7.60 Å². The Kier molecular flexibility index (Phi) is 6.94. The second-order valence-electron chi connectivity index (χ2n) is 5.90. The monoisotopic (exact) mass is 298 g/mol. The maximum atomic E-state index is 12.8. The zero-order valence-electron chi connectivity index (χ0n) is 13.2. The molecule has 1 aromatic carbocycles. The Morgan fingerprint density at radius 3 is 1.90 bits per heavy atom. The van der Waals surface area contributed by atoms with Crippen LogP contribution in [0.1, 0.15) is 40.2 Å². The minimum absolute atomic E-state index is 0.0940. The van der Waals surface area contributed by atoms with Gasteiger partial charge in [-0.25, -0.2) is 0 Å². The highest BCUT2D eigenvalue weighted by Crippen LogP contribution is 2.52. The normalized spacial score (nSPS) is 13.9. The van der Waals surface area contributed by atoms with E-state index in [0.717, 1.165) is 6.42 Å². The Labute approximate surface area is 123 Å². The summed E-state index contributed by atoms with van der Waals surface area (Å²) in [7, 11) is -3.02. The highest BCUT2D eigenvalue weighted by Gasteiger charge is 2.29. The second-order valence-corrected chi connectivity index (χ2v) is 7.91. The number of hydrogen-bond donors (Lipinski definition) is 0. The van der Waals surface area contributed by atoms with Gasteiger partial charge in [0.2, 0.25) is 0 Å². The van der Waals surface area contributed by atoms with Crippen LogP contribution in [0.2, 0.25) is 0 Å². The van der Waals surface area contributed by atoms with Crippen LogP contribution in [0, 0.1) is 5.92 Å². The fraction of sp³-hybridized carbons (Fsp3) is 0.625. The van der Waals surface area contributed by atoms with E-state index in [9.17, 15) is 4.57 Å². The van der Waals surface area contributed by atoms with Gasteiger partial charge in [-0.05, 0) is 45.6 Å². The molecule has 0 N–H and O–H groups in total. The molecule has 1 atom stereocenters. The van der Waals surface area contributed by atoms with Gasteiger partial charge >= 0.3 is 7.60 Å². The molecule has 4 heteroatoms. The van der Waals surface area contributed by atoms with Crippen LogP contribution in [0.15, 0.2) is 30.3 Å². The highest BCUT2D eigenvalue weighted by molar-refractivity contribution is 7.53. The maximum absolute atomic E-state index is 12.8. The van der Waals surface area contributed by atoms with E-state index in [1.54, 1.807) is 0 Å². The summed E-state index contributed by atoms with van der Waals surface area (Å²) >= 11 is 0. The average molecular weight is 298 g/mol. The molecule has 0 fully saturated rings. The van der Waals surface area contributed by atoms with Crippen molar-refractivity contribution in [2.45, 2.75) is 53.2 Å². The van der Waals surface area contributed by atoms with Crippen LogP contribution >= 0.6 is 7.60 Å². The number of benzene rings is 1. The van der Waals surface area contributed by atoms with Gasteiger partial charge in [0.25, 0.3) is 0 Å². The molecule has 0 bridgehead atoms. The van der Waals surface area contributed by atoms with Gasteiger partial charge in [0.15, 0.2) is 0 Å². The molecule has 0 radical (unpaired) electrons. The van der Waals surface area contributed by atoms with Crippen molar-refractivity contribution in [1.29, 1.82) is 0 Å². The SMILES string of the molecule is CC(Cc1ccccc1)CP(=O)(OC(C)C)OC(C)C. The van der Waals surface area contributed by atoms with Crippen molar-refractivity contribution in [2.75, 3.05) is 6.16 Å². The molecule has 20 heavy (non-hydrogen) atoms. The Hall–Kier alpha value is -0.630. The van der Waals surface area contributed by atoms with Gasteiger partial charge in [-0.2, -0.15) is 0 Å². The Balaban J connectivity index is 2.66. The first kappa shape index (κ1) is 17.4. The maximum Gasteiger partial charge on any atom is 0.331 e. The molecule has 0 aliphatic carbocycles. The predicted molar refractivity (Wildman–Crippen MR) is 84.2 cm³/mol. The zero-order chi connectivity index (χ0) is 15.2. The third kappa shape index (κ3) is 6.69. The molecule has 0 spiro atoms. The summed E-state index contributed by atoms with van der Waals surface area (Å²) in [5.74, 6) is 0.251. The second kappa shape index (κ2) is 7.97. The lowest BCUT2D eigenvalue weighted by Gasteiger charge is -2.25. The molecule has 0 heterocycles. The molecule has 0 amide bonds. The lowest BCUT2D eigenvalue weighted by atomic mass is 10.0. The minimum Gasteiger partial charge on any atom is -0.306 e. The van der Waals surface area contributed by atoms with E-state index in [2.05, 4.69) is 19.1 Å². The minimum atomic E-state index is -3.02. The van der Waals surface area contributed by atoms with E-state index in [4.69, 9.17) is 9.05 Å². The Morgan fingerprint density at radius 1 is 0.950 bits per heavy atom. The van der Waals surface area contributed by atoms with Crippen LogP contribution < -0.4 is 0 Å². The quantitative estimate of drug-likeness (QED) is 0.640. The van der Waals surface area contributed by atoms with Gasteiger partial charge in [-0.15, -0.1) is 0 Å². The van der Waals surface area contributed by atoms with E-state index < -0.39 is 7.60 Å². The summed E-state index contributed by atoms with van der Waals surface area (Å²) in [6.45, 7) is 9.64. The van der Waals surface area contributed by atoms with Crippen LogP contribution in [-0.2, 0) is 20.0 Å². The van der Waals surface area contributed by atoms with Crippen molar-refractivity contribution < 1.29 is 13.6 Å². The van der Waals surface area contributed by atoms with Crippen LogP contribution in [0.4, 0.5) is 0 Å². The summed E-state index contributed by atoms with van der Waals surface area (Å²) in [4.78, 5) is 0. The fourth-order valence-electron chi connectivity index (χ4n) is 2.22. The molecule has 1 unspecified atom stereocenters. The molecular formula is C16H27O3P. The van der Waals surface area contributed by atoms with Gasteiger partial charge < -0.3 is 9.05 Å². The molecule has 0 saturated heterocycles. The van der Waals surface area contributed by atoms with Gasteiger partial charge in [0.05, 0.1) is 18.4 Å². The van der Waals surface area contributed by atoms with Crippen molar-refractivity contribution in [3.63, 3.8) is 0 Å². The fourth-order valence-corrected chi connectivity index (χ4v) is 4.62. The van der Waals surface area contributed by atoms with Crippen molar-refractivity contribution in [3.05, 3.63) is 35.9 Å². The third-order valence-corrected chi connectivity index (χ3v) is 5.26. The molecular weight excluding hydrogens is 271 g/mol. The molecule has 0 saturated carbocycles. The van der Waals surface area contributed by atoms with E-state index in [-0.39, 0.29) is 18.1 Å². The van der Waals surface area contributed by atoms with Gasteiger partial charge in [0.1, 0.15) is 0 Å². The summed E-state index contributed by atoms with van der Waals surface area (Å²) < 4.78 is 24.0. The molecule has 1 aromatic rings. The zero-order valence-corrected chi connectivity index (χ0v) is 14.1. The molecule has 3 nitrogen and oxygen atoms in total. The number of rotatable bonds is 8. The highest BCUT2D eigenvalue weighted by atomic mass is 31.2. The molecule has 0 aliphatic rings. The standard InChI is InChI=1S/C16H27O3P/c1-13(2)18-20(17,19-14(3)4)12-15(5)11-16-9-7-6-8-10-16/h6-10,13-15H,11-12H2,1-5H3. The summed E-state index contributed by atoms with van der Waals surface area (Å²) in [6, 6.07) is 10.2. The average Bonchev–Trinajstić information content (AvgIpc) is 2.26.